The minimum absolute atomic E-state index is 0.287. The molecule has 1 heteroatoms. The van der Waals surface area contributed by atoms with Gasteiger partial charge in [-0.15, -0.1) is 0 Å². The molecule has 0 unspecified atom stereocenters. The number of allylic oxidation sites excluding steroid dienone is 2. The van der Waals surface area contributed by atoms with Crippen LogP contribution < -0.4 is 0 Å². The Kier molecular flexibility index (Phi) is 2.74. The van der Waals surface area contributed by atoms with Crippen molar-refractivity contribution in [3.63, 3.8) is 0 Å². The van der Waals surface area contributed by atoms with E-state index < -0.39 is 0 Å². The summed E-state index contributed by atoms with van der Waals surface area (Å²) in [7, 11) is 0. The normalized spacial score (nSPS) is 40.6. The van der Waals surface area contributed by atoms with Crippen molar-refractivity contribution in [1.29, 1.82) is 0 Å². The molecule has 0 amide bonds. The molecule has 3 atom stereocenters. The highest BCUT2D eigenvalue weighted by Gasteiger charge is 2.42. The SMILES string of the molecule is CC(=O)C1=CC[C@@]2(C)CCC[C@@H](C)[C@@H]2C1. The van der Waals surface area contributed by atoms with Gasteiger partial charge in [0.15, 0.2) is 5.78 Å². The number of carbonyl (C=O) groups is 1. The molecular weight excluding hydrogens is 184 g/mol. The molecular formula is C14H22O. The molecule has 0 heterocycles. The third-order valence-corrected chi connectivity index (χ3v) is 4.70. The van der Waals surface area contributed by atoms with Crippen LogP contribution in [0.15, 0.2) is 11.6 Å². The molecule has 2 rings (SSSR count). The van der Waals surface area contributed by atoms with Crippen LogP contribution in [0, 0.1) is 17.3 Å². The van der Waals surface area contributed by atoms with Crippen LogP contribution in [0.3, 0.4) is 0 Å². The van der Waals surface area contributed by atoms with Gasteiger partial charge in [0.25, 0.3) is 0 Å². The molecule has 84 valence electrons. The quantitative estimate of drug-likeness (QED) is 0.638. The van der Waals surface area contributed by atoms with Crippen molar-refractivity contribution in [3.05, 3.63) is 11.6 Å². The lowest BCUT2D eigenvalue weighted by Gasteiger charge is -2.47. The summed E-state index contributed by atoms with van der Waals surface area (Å²) in [4.78, 5) is 11.4. The minimum atomic E-state index is 0.287. The number of hydrogen-bond acceptors (Lipinski definition) is 1. The third kappa shape index (κ3) is 1.89. The molecule has 0 bridgehead atoms. The van der Waals surface area contributed by atoms with Gasteiger partial charge in [-0.25, -0.2) is 0 Å². The summed E-state index contributed by atoms with van der Waals surface area (Å²) in [6, 6.07) is 0. The number of carbonyl (C=O) groups excluding carboxylic acids is 1. The molecule has 2 aliphatic carbocycles. The topological polar surface area (TPSA) is 17.1 Å². The van der Waals surface area contributed by atoms with Crippen LogP contribution in [0.1, 0.15) is 52.9 Å². The second-order valence-corrected chi connectivity index (χ2v) is 5.82. The van der Waals surface area contributed by atoms with E-state index in [9.17, 15) is 4.79 Å². The monoisotopic (exact) mass is 206 g/mol. The van der Waals surface area contributed by atoms with E-state index in [0.717, 1.165) is 30.3 Å². The summed E-state index contributed by atoms with van der Waals surface area (Å²) in [5.41, 5.74) is 1.57. The Morgan fingerprint density at radius 3 is 2.93 bits per heavy atom. The van der Waals surface area contributed by atoms with E-state index in [-0.39, 0.29) is 5.78 Å². The van der Waals surface area contributed by atoms with Crippen molar-refractivity contribution in [2.45, 2.75) is 52.9 Å². The summed E-state index contributed by atoms with van der Waals surface area (Å²) in [6.07, 6.45) is 8.44. The second kappa shape index (κ2) is 3.77. The van der Waals surface area contributed by atoms with Gasteiger partial charge in [-0.2, -0.15) is 0 Å². The zero-order valence-corrected chi connectivity index (χ0v) is 10.2. The zero-order chi connectivity index (χ0) is 11.1. The highest BCUT2D eigenvalue weighted by atomic mass is 16.1. The number of ketones is 1. The molecule has 0 aromatic rings. The molecule has 0 saturated heterocycles. The predicted molar refractivity (Wildman–Crippen MR) is 62.6 cm³/mol. The van der Waals surface area contributed by atoms with Crippen LogP contribution in [0.4, 0.5) is 0 Å². The first-order valence-corrected chi connectivity index (χ1v) is 6.23. The Morgan fingerprint density at radius 1 is 1.53 bits per heavy atom. The third-order valence-electron chi connectivity index (χ3n) is 4.70. The largest absolute Gasteiger partial charge is 0.295 e. The average Bonchev–Trinajstić information content (AvgIpc) is 2.17. The Balaban J connectivity index is 2.23. The molecule has 1 fully saturated rings. The maximum Gasteiger partial charge on any atom is 0.155 e. The Morgan fingerprint density at radius 2 is 2.27 bits per heavy atom. The minimum Gasteiger partial charge on any atom is -0.295 e. The first-order valence-electron chi connectivity index (χ1n) is 6.23. The van der Waals surface area contributed by atoms with Gasteiger partial charge < -0.3 is 0 Å². The summed E-state index contributed by atoms with van der Waals surface area (Å²) in [5, 5.41) is 0. The van der Waals surface area contributed by atoms with Crippen LogP contribution in [-0.2, 0) is 4.79 Å². The van der Waals surface area contributed by atoms with Crippen molar-refractivity contribution in [1.82, 2.24) is 0 Å². The molecule has 1 nitrogen and oxygen atoms in total. The second-order valence-electron chi connectivity index (χ2n) is 5.82. The first kappa shape index (κ1) is 10.9. The van der Waals surface area contributed by atoms with Gasteiger partial charge in [0.05, 0.1) is 0 Å². The molecule has 0 aromatic heterocycles. The lowest BCUT2D eigenvalue weighted by Crippen LogP contribution is -2.38. The molecule has 1 saturated carbocycles. The highest BCUT2D eigenvalue weighted by Crippen LogP contribution is 2.51. The number of Topliss-reactive ketones (excluding diaryl/α,β-unsaturated/α-hetero) is 1. The van der Waals surface area contributed by atoms with Gasteiger partial charge in [-0.05, 0) is 49.0 Å². The fraction of sp³-hybridized carbons (Fsp3) is 0.786. The lowest BCUT2D eigenvalue weighted by atomic mass is 9.57. The van der Waals surface area contributed by atoms with Crippen molar-refractivity contribution >= 4 is 5.78 Å². The smallest absolute Gasteiger partial charge is 0.155 e. The van der Waals surface area contributed by atoms with Crippen LogP contribution in [0.25, 0.3) is 0 Å². The molecule has 0 aromatic carbocycles. The van der Waals surface area contributed by atoms with Crippen LogP contribution in [0.2, 0.25) is 0 Å². The van der Waals surface area contributed by atoms with E-state index in [1.54, 1.807) is 6.92 Å². The van der Waals surface area contributed by atoms with Gasteiger partial charge in [0.2, 0.25) is 0 Å². The summed E-state index contributed by atoms with van der Waals surface area (Å²) in [6.45, 7) is 6.49. The Bertz CT molecular complexity index is 302. The molecule has 0 spiro atoms. The van der Waals surface area contributed by atoms with Crippen molar-refractivity contribution in [2.75, 3.05) is 0 Å². The molecule has 0 aliphatic heterocycles. The van der Waals surface area contributed by atoms with Crippen LogP contribution in [0.5, 0.6) is 0 Å². The number of fused-ring (bicyclic) bond motifs is 1. The van der Waals surface area contributed by atoms with Crippen molar-refractivity contribution < 1.29 is 4.79 Å². The predicted octanol–water partition coefficient (Wildman–Crippen LogP) is 3.74. The number of rotatable bonds is 1. The standard InChI is InChI=1S/C14H22O/c1-10-5-4-7-14(3)8-6-12(11(2)15)9-13(10)14/h6,10,13H,4-5,7-9H2,1-3H3/t10-,13+,14-/m1/s1. The van der Waals surface area contributed by atoms with Gasteiger partial charge in [0, 0.05) is 0 Å². The van der Waals surface area contributed by atoms with Gasteiger partial charge in [-0.3, -0.25) is 4.79 Å². The van der Waals surface area contributed by atoms with E-state index in [2.05, 4.69) is 19.9 Å². The highest BCUT2D eigenvalue weighted by molar-refractivity contribution is 5.93. The van der Waals surface area contributed by atoms with Crippen LogP contribution >= 0.6 is 0 Å². The molecule has 0 radical (unpaired) electrons. The lowest BCUT2D eigenvalue weighted by molar-refractivity contribution is -0.114. The van der Waals surface area contributed by atoms with Gasteiger partial charge >= 0.3 is 0 Å². The zero-order valence-electron chi connectivity index (χ0n) is 10.2. The Labute approximate surface area is 92.9 Å². The summed E-state index contributed by atoms with van der Waals surface area (Å²) in [5.74, 6) is 1.83. The van der Waals surface area contributed by atoms with Crippen LogP contribution in [-0.4, -0.2) is 5.78 Å². The molecule has 2 aliphatic rings. The molecule has 0 N–H and O–H groups in total. The summed E-state index contributed by atoms with van der Waals surface area (Å²) < 4.78 is 0. The summed E-state index contributed by atoms with van der Waals surface area (Å²) >= 11 is 0. The van der Waals surface area contributed by atoms with E-state index in [1.165, 1.54) is 19.3 Å². The maximum absolute atomic E-state index is 11.4. The maximum atomic E-state index is 11.4. The van der Waals surface area contributed by atoms with E-state index >= 15 is 0 Å². The Hall–Kier alpha value is -0.590. The fourth-order valence-corrected chi connectivity index (χ4v) is 3.57. The fourth-order valence-electron chi connectivity index (χ4n) is 3.57. The number of hydrogen-bond donors (Lipinski definition) is 0. The van der Waals surface area contributed by atoms with E-state index in [1.807, 2.05) is 0 Å². The van der Waals surface area contributed by atoms with Crippen molar-refractivity contribution in [3.8, 4) is 0 Å². The van der Waals surface area contributed by atoms with Gasteiger partial charge in [0.1, 0.15) is 0 Å². The van der Waals surface area contributed by atoms with Gasteiger partial charge in [-0.1, -0.05) is 32.8 Å². The van der Waals surface area contributed by atoms with E-state index in [0.29, 0.717) is 5.41 Å². The van der Waals surface area contributed by atoms with E-state index in [4.69, 9.17) is 0 Å². The molecule has 15 heavy (non-hydrogen) atoms. The average molecular weight is 206 g/mol. The van der Waals surface area contributed by atoms with Crippen molar-refractivity contribution in [2.24, 2.45) is 17.3 Å². The first-order chi connectivity index (χ1) is 7.03.